The van der Waals surface area contributed by atoms with Crippen LogP contribution in [0, 0.1) is 6.92 Å². The SMILES string of the molecule is CCC(c1nnc(SCC(=O)NNC(=O)c2ccc(C)cc2)n1Cc1ccccc1)N(C)C. The standard InChI is InChI=1S/C24H30N6O2S/c1-5-20(29(3)4)22-26-28-24(30(22)15-18-9-7-6-8-10-18)33-16-21(31)25-27-23(32)19-13-11-17(2)12-14-19/h6-14,20H,5,15-16H2,1-4H3,(H,25,31)(H,27,32). The molecule has 33 heavy (non-hydrogen) atoms. The highest BCUT2D eigenvalue weighted by molar-refractivity contribution is 7.99. The van der Waals surface area contributed by atoms with Crippen LogP contribution in [0.3, 0.4) is 0 Å². The molecule has 0 fully saturated rings. The number of hydrazine groups is 1. The topological polar surface area (TPSA) is 92.1 Å². The first-order valence-electron chi connectivity index (χ1n) is 10.8. The summed E-state index contributed by atoms with van der Waals surface area (Å²) in [6, 6.07) is 17.3. The molecule has 2 N–H and O–H groups in total. The van der Waals surface area contributed by atoms with Gasteiger partial charge in [-0.15, -0.1) is 10.2 Å². The molecule has 1 unspecified atom stereocenters. The van der Waals surface area contributed by atoms with Gasteiger partial charge in [0.2, 0.25) is 5.91 Å². The van der Waals surface area contributed by atoms with Gasteiger partial charge in [-0.3, -0.25) is 25.3 Å². The number of carbonyl (C=O) groups excluding carboxylic acids is 2. The van der Waals surface area contributed by atoms with Crippen LogP contribution in [0.4, 0.5) is 0 Å². The number of rotatable bonds is 9. The second-order valence-corrected chi connectivity index (χ2v) is 8.90. The number of aryl methyl sites for hydroxylation is 1. The zero-order valence-corrected chi connectivity index (χ0v) is 20.2. The van der Waals surface area contributed by atoms with Gasteiger partial charge in [-0.05, 0) is 45.1 Å². The van der Waals surface area contributed by atoms with Crippen LogP contribution in [-0.4, -0.2) is 51.3 Å². The van der Waals surface area contributed by atoms with Crippen molar-refractivity contribution in [1.82, 2.24) is 30.5 Å². The molecule has 2 aromatic carbocycles. The lowest BCUT2D eigenvalue weighted by atomic mass is 10.1. The number of hydrogen-bond acceptors (Lipinski definition) is 6. The van der Waals surface area contributed by atoms with Gasteiger partial charge < -0.3 is 4.57 Å². The second kappa shape index (κ2) is 11.6. The maximum Gasteiger partial charge on any atom is 0.269 e. The normalized spacial score (nSPS) is 11.9. The monoisotopic (exact) mass is 466 g/mol. The Kier molecular flexibility index (Phi) is 8.62. The molecule has 1 aromatic heterocycles. The molecule has 3 aromatic rings. The van der Waals surface area contributed by atoms with E-state index in [-0.39, 0.29) is 23.6 Å². The van der Waals surface area contributed by atoms with Crippen molar-refractivity contribution in [2.75, 3.05) is 19.8 Å². The minimum absolute atomic E-state index is 0.0971. The smallest absolute Gasteiger partial charge is 0.269 e. The molecule has 0 aliphatic heterocycles. The van der Waals surface area contributed by atoms with Gasteiger partial charge in [0.15, 0.2) is 11.0 Å². The van der Waals surface area contributed by atoms with E-state index in [2.05, 4.69) is 49.6 Å². The van der Waals surface area contributed by atoms with E-state index < -0.39 is 0 Å². The van der Waals surface area contributed by atoms with Crippen molar-refractivity contribution in [3.63, 3.8) is 0 Å². The summed E-state index contributed by atoms with van der Waals surface area (Å²) in [6.07, 6.45) is 0.885. The van der Waals surface area contributed by atoms with Crippen molar-refractivity contribution >= 4 is 23.6 Å². The molecule has 9 heteroatoms. The van der Waals surface area contributed by atoms with Crippen LogP contribution in [0.2, 0.25) is 0 Å². The fraction of sp³-hybridized carbons (Fsp3) is 0.333. The van der Waals surface area contributed by atoms with E-state index in [4.69, 9.17) is 0 Å². The van der Waals surface area contributed by atoms with E-state index in [1.807, 2.05) is 51.4 Å². The predicted molar refractivity (Wildman–Crippen MR) is 130 cm³/mol. The van der Waals surface area contributed by atoms with Crippen LogP contribution in [0.15, 0.2) is 59.8 Å². The quantitative estimate of drug-likeness (QED) is 0.372. The van der Waals surface area contributed by atoms with Crippen LogP contribution >= 0.6 is 11.8 Å². The first kappa shape index (κ1) is 24.5. The van der Waals surface area contributed by atoms with E-state index in [9.17, 15) is 9.59 Å². The summed E-state index contributed by atoms with van der Waals surface area (Å²) < 4.78 is 2.06. The number of nitrogens with one attached hydrogen (secondary N) is 2. The first-order valence-corrected chi connectivity index (χ1v) is 11.8. The third-order valence-corrected chi connectivity index (χ3v) is 6.17. The van der Waals surface area contributed by atoms with Crippen molar-refractivity contribution < 1.29 is 9.59 Å². The molecule has 174 valence electrons. The summed E-state index contributed by atoms with van der Waals surface area (Å²) in [7, 11) is 4.04. The van der Waals surface area contributed by atoms with Crippen LogP contribution in [-0.2, 0) is 11.3 Å². The summed E-state index contributed by atoms with van der Waals surface area (Å²) >= 11 is 1.29. The summed E-state index contributed by atoms with van der Waals surface area (Å²) in [5.74, 6) is 0.275. The van der Waals surface area contributed by atoms with Crippen LogP contribution in [0.1, 0.15) is 46.7 Å². The maximum atomic E-state index is 12.4. The minimum Gasteiger partial charge on any atom is -0.300 e. The molecule has 0 radical (unpaired) electrons. The fourth-order valence-corrected chi connectivity index (χ4v) is 4.16. The third kappa shape index (κ3) is 6.66. The lowest BCUT2D eigenvalue weighted by molar-refractivity contribution is -0.119. The summed E-state index contributed by atoms with van der Waals surface area (Å²) in [6.45, 7) is 4.68. The molecule has 1 atom stereocenters. The molecule has 0 saturated carbocycles. The molecule has 0 saturated heterocycles. The van der Waals surface area contributed by atoms with Gasteiger partial charge in [-0.1, -0.05) is 66.7 Å². The third-order valence-electron chi connectivity index (χ3n) is 5.20. The number of carbonyl (C=O) groups is 2. The Morgan fingerprint density at radius 1 is 1.03 bits per heavy atom. The molecule has 0 spiro atoms. The summed E-state index contributed by atoms with van der Waals surface area (Å²) in [5, 5.41) is 9.48. The van der Waals surface area contributed by atoms with Gasteiger partial charge in [0.05, 0.1) is 18.3 Å². The van der Waals surface area contributed by atoms with E-state index in [1.54, 1.807) is 12.1 Å². The highest BCUT2D eigenvalue weighted by Crippen LogP contribution is 2.26. The van der Waals surface area contributed by atoms with Gasteiger partial charge in [0, 0.05) is 5.56 Å². The molecular weight excluding hydrogens is 436 g/mol. The fourth-order valence-electron chi connectivity index (χ4n) is 3.42. The predicted octanol–water partition coefficient (Wildman–Crippen LogP) is 3.20. The number of amides is 2. The number of thioether (sulfide) groups is 1. The number of hydrogen-bond donors (Lipinski definition) is 2. The zero-order valence-electron chi connectivity index (χ0n) is 19.4. The largest absolute Gasteiger partial charge is 0.300 e. The van der Waals surface area contributed by atoms with Crippen molar-refractivity contribution in [2.45, 2.75) is 38.0 Å². The first-order chi connectivity index (χ1) is 15.9. The van der Waals surface area contributed by atoms with Gasteiger partial charge in [0.25, 0.3) is 5.91 Å². The van der Waals surface area contributed by atoms with Gasteiger partial charge in [0.1, 0.15) is 0 Å². The Bertz CT molecular complexity index is 1070. The molecule has 1 heterocycles. The number of benzene rings is 2. The van der Waals surface area contributed by atoms with E-state index in [0.29, 0.717) is 17.3 Å². The lowest BCUT2D eigenvalue weighted by Crippen LogP contribution is -2.42. The Hall–Kier alpha value is -3.17. The Labute approximate surface area is 198 Å². The molecular formula is C24H30N6O2S. The number of aromatic nitrogens is 3. The molecule has 0 bridgehead atoms. The Morgan fingerprint density at radius 3 is 2.36 bits per heavy atom. The lowest BCUT2D eigenvalue weighted by Gasteiger charge is -2.23. The highest BCUT2D eigenvalue weighted by atomic mass is 32.2. The van der Waals surface area contributed by atoms with Crippen LogP contribution in [0.25, 0.3) is 0 Å². The zero-order chi connectivity index (χ0) is 23.8. The second-order valence-electron chi connectivity index (χ2n) is 7.96. The Morgan fingerprint density at radius 2 is 1.73 bits per heavy atom. The number of nitrogens with zero attached hydrogens (tertiary/aromatic N) is 4. The summed E-state index contributed by atoms with van der Waals surface area (Å²) in [4.78, 5) is 26.7. The minimum atomic E-state index is -0.361. The highest BCUT2D eigenvalue weighted by Gasteiger charge is 2.22. The van der Waals surface area contributed by atoms with Crippen molar-refractivity contribution in [2.24, 2.45) is 0 Å². The van der Waals surface area contributed by atoms with Crippen LogP contribution < -0.4 is 10.9 Å². The molecule has 2 amide bonds. The van der Waals surface area contributed by atoms with E-state index in [0.717, 1.165) is 23.4 Å². The van der Waals surface area contributed by atoms with Crippen molar-refractivity contribution in [3.05, 3.63) is 77.1 Å². The van der Waals surface area contributed by atoms with E-state index in [1.165, 1.54) is 11.8 Å². The Balaban J connectivity index is 1.66. The van der Waals surface area contributed by atoms with Crippen molar-refractivity contribution in [3.8, 4) is 0 Å². The van der Waals surface area contributed by atoms with Crippen LogP contribution in [0.5, 0.6) is 0 Å². The van der Waals surface area contributed by atoms with Crippen molar-refractivity contribution in [1.29, 1.82) is 0 Å². The average Bonchev–Trinajstić information content (AvgIpc) is 3.19. The molecule has 3 rings (SSSR count). The van der Waals surface area contributed by atoms with Gasteiger partial charge >= 0.3 is 0 Å². The summed E-state index contributed by atoms with van der Waals surface area (Å²) in [5.41, 5.74) is 7.59. The average molecular weight is 467 g/mol. The molecule has 0 aliphatic carbocycles. The maximum absolute atomic E-state index is 12.4. The van der Waals surface area contributed by atoms with Gasteiger partial charge in [-0.25, -0.2) is 0 Å². The van der Waals surface area contributed by atoms with Gasteiger partial charge in [-0.2, -0.15) is 0 Å². The molecule has 8 nitrogen and oxygen atoms in total. The van der Waals surface area contributed by atoms with E-state index >= 15 is 0 Å². The molecule has 0 aliphatic rings.